The second-order valence-corrected chi connectivity index (χ2v) is 3.81. The third-order valence-electron chi connectivity index (χ3n) is 1.79. The lowest BCUT2D eigenvalue weighted by Crippen LogP contribution is -2.15. The van der Waals surface area contributed by atoms with Gasteiger partial charge in [0.25, 0.3) is 0 Å². The second-order valence-electron chi connectivity index (χ2n) is 2.90. The lowest BCUT2D eigenvalue weighted by Gasteiger charge is -2.12. The molecule has 0 bridgehead atoms. The van der Waals surface area contributed by atoms with Crippen LogP contribution >= 0.6 is 28.3 Å². The van der Waals surface area contributed by atoms with Crippen molar-refractivity contribution in [3.05, 3.63) is 34.1 Å². The van der Waals surface area contributed by atoms with E-state index in [2.05, 4.69) is 15.9 Å². The molecule has 15 heavy (non-hydrogen) atoms. The Bertz CT molecular complexity index is 322. The van der Waals surface area contributed by atoms with Crippen LogP contribution in [-0.4, -0.2) is 6.43 Å². The normalized spacial score (nSPS) is 12.4. The zero-order valence-electron chi connectivity index (χ0n) is 7.59. The molecule has 86 valence electrons. The molecule has 0 saturated carbocycles. The summed E-state index contributed by atoms with van der Waals surface area (Å²) in [6.45, 7) is 0. The summed E-state index contributed by atoms with van der Waals surface area (Å²) >= 11 is 3.07. The molecule has 0 unspecified atom stereocenters. The Kier molecular flexibility index (Phi) is 6.24. The van der Waals surface area contributed by atoms with Crippen LogP contribution in [0, 0.1) is 5.82 Å². The molecule has 0 spiro atoms. The lowest BCUT2D eigenvalue weighted by atomic mass is 10.0. The summed E-state index contributed by atoms with van der Waals surface area (Å²) in [6, 6.07) is 3.24. The monoisotopic (exact) mass is 303 g/mol. The van der Waals surface area contributed by atoms with Gasteiger partial charge in [0.15, 0.2) is 0 Å². The first kappa shape index (κ1) is 14.7. The van der Waals surface area contributed by atoms with Crippen LogP contribution in [0.4, 0.5) is 13.2 Å². The first-order chi connectivity index (χ1) is 6.50. The van der Waals surface area contributed by atoms with E-state index in [1.54, 1.807) is 6.07 Å². The molecular formula is C9H10BrClF3N. The Morgan fingerprint density at radius 3 is 2.40 bits per heavy atom. The Hall–Kier alpha value is -0.260. The summed E-state index contributed by atoms with van der Waals surface area (Å²) in [6.07, 6.45) is -3.05. The molecule has 2 N–H and O–H groups in total. The minimum atomic E-state index is -2.52. The van der Waals surface area contributed by atoms with Crippen LogP contribution in [0.15, 0.2) is 22.7 Å². The van der Waals surface area contributed by atoms with Crippen molar-refractivity contribution in [2.45, 2.75) is 18.9 Å². The van der Waals surface area contributed by atoms with Gasteiger partial charge in [-0.3, -0.25) is 0 Å². The number of halogens is 5. The van der Waals surface area contributed by atoms with Gasteiger partial charge in [0.2, 0.25) is 6.43 Å². The molecule has 1 atom stereocenters. The topological polar surface area (TPSA) is 26.0 Å². The molecule has 0 aliphatic rings. The molecule has 1 rings (SSSR count). The van der Waals surface area contributed by atoms with Crippen LogP contribution in [0.1, 0.15) is 18.0 Å². The summed E-state index contributed by atoms with van der Waals surface area (Å²) in [7, 11) is 0. The SMILES string of the molecule is Cl.N[C@@H](CC(F)F)c1ccc(Br)cc1F. The lowest BCUT2D eigenvalue weighted by molar-refractivity contribution is 0.128. The van der Waals surface area contributed by atoms with Gasteiger partial charge < -0.3 is 5.73 Å². The van der Waals surface area contributed by atoms with Crippen LogP contribution < -0.4 is 5.73 Å². The van der Waals surface area contributed by atoms with Crippen LogP contribution in [0.5, 0.6) is 0 Å². The van der Waals surface area contributed by atoms with Gasteiger partial charge in [0.1, 0.15) is 5.82 Å². The van der Waals surface area contributed by atoms with Gasteiger partial charge in [-0.05, 0) is 12.1 Å². The van der Waals surface area contributed by atoms with Gasteiger partial charge >= 0.3 is 0 Å². The Balaban J connectivity index is 0.00000196. The largest absolute Gasteiger partial charge is 0.324 e. The fraction of sp³-hybridized carbons (Fsp3) is 0.333. The van der Waals surface area contributed by atoms with Crippen LogP contribution in [0.3, 0.4) is 0 Å². The van der Waals surface area contributed by atoms with Crippen LogP contribution in [-0.2, 0) is 0 Å². The first-order valence-corrected chi connectivity index (χ1v) is 4.78. The smallest absolute Gasteiger partial charge is 0.240 e. The Labute approximate surface area is 100 Å². The van der Waals surface area contributed by atoms with E-state index in [-0.39, 0.29) is 18.0 Å². The van der Waals surface area contributed by atoms with Gasteiger partial charge in [-0.1, -0.05) is 22.0 Å². The maximum absolute atomic E-state index is 13.2. The highest BCUT2D eigenvalue weighted by Crippen LogP contribution is 2.23. The maximum Gasteiger partial charge on any atom is 0.240 e. The van der Waals surface area contributed by atoms with Crippen molar-refractivity contribution in [3.63, 3.8) is 0 Å². The minimum absolute atomic E-state index is 0. The van der Waals surface area contributed by atoms with Gasteiger partial charge in [0, 0.05) is 22.5 Å². The third kappa shape index (κ3) is 4.40. The van der Waals surface area contributed by atoms with E-state index in [4.69, 9.17) is 5.73 Å². The van der Waals surface area contributed by atoms with Gasteiger partial charge in [-0.25, -0.2) is 13.2 Å². The number of hydrogen-bond donors (Lipinski definition) is 1. The first-order valence-electron chi connectivity index (χ1n) is 3.99. The van der Waals surface area contributed by atoms with Crippen molar-refractivity contribution in [1.82, 2.24) is 0 Å². The predicted octanol–water partition coefficient (Wildman–Crippen LogP) is 3.67. The predicted molar refractivity (Wildman–Crippen MR) is 58.9 cm³/mol. The molecule has 0 radical (unpaired) electrons. The molecule has 0 heterocycles. The third-order valence-corrected chi connectivity index (χ3v) is 2.29. The maximum atomic E-state index is 13.2. The molecule has 1 aromatic carbocycles. The fourth-order valence-electron chi connectivity index (χ4n) is 1.12. The van der Waals surface area contributed by atoms with E-state index < -0.39 is 24.7 Å². The van der Waals surface area contributed by atoms with E-state index in [1.165, 1.54) is 12.1 Å². The van der Waals surface area contributed by atoms with Crippen molar-refractivity contribution in [1.29, 1.82) is 0 Å². The molecule has 0 aromatic heterocycles. The Morgan fingerprint density at radius 2 is 1.93 bits per heavy atom. The molecule has 1 nitrogen and oxygen atoms in total. The molecular weight excluding hydrogens is 294 g/mol. The van der Waals surface area contributed by atoms with Crippen molar-refractivity contribution in [3.8, 4) is 0 Å². The highest BCUT2D eigenvalue weighted by Gasteiger charge is 2.16. The molecule has 1 aromatic rings. The standard InChI is InChI=1S/C9H9BrF3N.ClH/c10-5-1-2-6(7(11)3-5)8(14)4-9(12)13;/h1-3,8-9H,4,14H2;1H/t8-;/m0./s1. The molecule has 0 saturated heterocycles. The molecule has 0 fully saturated rings. The fourth-order valence-corrected chi connectivity index (χ4v) is 1.45. The zero-order chi connectivity index (χ0) is 10.7. The van der Waals surface area contributed by atoms with Gasteiger partial charge in [-0.15, -0.1) is 12.4 Å². The van der Waals surface area contributed by atoms with Crippen molar-refractivity contribution in [2.24, 2.45) is 5.73 Å². The van der Waals surface area contributed by atoms with Gasteiger partial charge in [0.05, 0.1) is 0 Å². The summed E-state index contributed by atoms with van der Waals surface area (Å²) in [5, 5.41) is 0. The molecule has 6 heteroatoms. The van der Waals surface area contributed by atoms with Gasteiger partial charge in [-0.2, -0.15) is 0 Å². The van der Waals surface area contributed by atoms with Crippen LogP contribution in [0.2, 0.25) is 0 Å². The number of benzene rings is 1. The quantitative estimate of drug-likeness (QED) is 0.906. The highest BCUT2D eigenvalue weighted by molar-refractivity contribution is 9.10. The number of alkyl halides is 2. The number of rotatable bonds is 3. The summed E-state index contributed by atoms with van der Waals surface area (Å²) in [4.78, 5) is 0. The van der Waals surface area contributed by atoms with E-state index in [9.17, 15) is 13.2 Å². The van der Waals surface area contributed by atoms with Crippen LogP contribution in [0.25, 0.3) is 0 Å². The summed E-state index contributed by atoms with van der Waals surface area (Å²) < 4.78 is 37.7. The van der Waals surface area contributed by atoms with Crippen molar-refractivity contribution in [2.75, 3.05) is 0 Å². The van der Waals surface area contributed by atoms with E-state index in [0.717, 1.165) is 0 Å². The van der Waals surface area contributed by atoms with Crippen molar-refractivity contribution < 1.29 is 13.2 Å². The average molecular weight is 305 g/mol. The molecule has 0 aliphatic carbocycles. The Morgan fingerprint density at radius 1 is 1.33 bits per heavy atom. The second kappa shape index (κ2) is 6.35. The van der Waals surface area contributed by atoms with E-state index >= 15 is 0 Å². The zero-order valence-corrected chi connectivity index (χ0v) is 9.99. The molecule has 0 aliphatic heterocycles. The molecule has 0 amide bonds. The summed E-state index contributed by atoms with van der Waals surface area (Å²) in [5.74, 6) is -0.562. The number of nitrogens with two attached hydrogens (primary N) is 1. The average Bonchev–Trinajstić information content (AvgIpc) is 2.01. The highest BCUT2D eigenvalue weighted by atomic mass is 79.9. The van der Waals surface area contributed by atoms with E-state index in [1.807, 2.05) is 0 Å². The summed E-state index contributed by atoms with van der Waals surface area (Å²) in [5.41, 5.74) is 5.53. The number of hydrogen-bond acceptors (Lipinski definition) is 1. The minimum Gasteiger partial charge on any atom is -0.324 e. The van der Waals surface area contributed by atoms with E-state index in [0.29, 0.717) is 4.47 Å². The van der Waals surface area contributed by atoms with Crippen molar-refractivity contribution >= 4 is 28.3 Å².